The monoisotopic (exact) mass is 266 g/mol. The van der Waals surface area contributed by atoms with Crippen molar-refractivity contribution >= 4 is 0 Å². The minimum Gasteiger partial charge on any atom is -0.0645 e. The van der Waals surface area contributed by atoms with E-state index in [-0.39, 0.29) is 10.8 Å². The van der Waals surface area contributed by atoms with Crippen LogP contribution in [-0.4, -0.2) is 0 Å². The van der Waals surface area contributed by atoms with E-state index >= 15 is 0 Å². The van der Waals surface area contributed by atoms with Crippen LogP contribution in [0.1, 0.15) is 51.7 Å². The molecule has 0 saturated carbocycles. The lowest BCUT2D eigenvalue weighted by Crippen LogP contribution is -2.44. The summed E-state index contributed by atoms with van der Waals surface area (Å²) in [7, 11) is 0. The molecule has 20 heavy (non-hydrogen) atoms. The highest BCUT2D eigenvalue weighted by Crippen LogP contribution is 2.48. The molecule has 0 heterocycles. The van der Waals surface area contributed by atoms with Crippen molar-refractivity contribution in [3.05, 3.63) is 71.8 Å². The van der Waals surface area contributed by atoms with E-state index in [1.165, 1.54) is 11.1 Å². The summed E-state index contributed by atoms with van der Waals surface area (Å²) in [6.45, 7) is 9.45. The average Bonchev–Trinajstić information content (AvgIpc) is 2.54. The molecular weight excluding hydrogens is 240 g/mol. The van der Waals surface area contributed by atoms with E-state index in [1.807, 2.05) is 0 Å². The Morgan fingerprint density at radius 3 is 1.15 bits per heavy atom. The van der Waals surface area contributed by atoms with Crippen molar-refractivity contribution in [3.63, 3.8) is 0 Å². The molecule has 106 valence electrons. The molecule has 0 aliphatic carbocycles. The maximum absolute atomic E-state index is 2.42. The van der Waals surface area contributed by atoms with Crippen LogP contribution in [0, 0.1) is 0 Å². The second kappa shape index (κ2) is 5.83. The molecule has 0 unspecified atom stereocenters. The number of rotatable bonds is 5. The van der Waals surface area contributed by atoms with Gasteiger partial charge in [0.15, 0.2) is 0 Å². The molecule has 0 bridgehead atoms. The van der Waals surface area contributed by atoms with Crippen LogP contribution >= 0.6 is 0 Å². The molecule has 2 aromatic rings. The van der Waals surface area contributed by atoms with Gasteiger partial charge in [0.25, 0.3) is 0 Å². The first-order valence-electron chi connectivity index (χ1n) is 7.69. The first-order chi connectivity index (χ1) is 9.58. The smallest absolute Gasteiger partial charge is 0.00162 e. The first-order valence-corrected chi connectivity index (χ1v) is 7.69. The Labute approximate surface area is 123 Å². The number of hydrogen-bond acceptors (Lipinski definition) is 0. The molecule has 0 aliphatic rings. The third-order valence-electron chi connectivity index (χ3n) is 5.45. The van der Waals surface area contributed by atoms with Gasteiger partial charge in [0.05, 0.1) is 0 Å². The zero-order valence-electron chi connectivity index (χ0n) is 13.2. The van der Waals surface area contributed by atoms with Gasteiger partial charge < -0.3 is 0 Å². The fraction of sp³-hybridized carbons (Fsp3) is 0.400. The highest BCUT2D eigenvalue weighted by atomic mass is 14.5. The fourth-order valence-electron chi connectivity index (χ4n) is 3.44. The Morgan fingerprint density at radius 1 is 0.600 bits per heavy atom. The van der Waals surface area contributed by atoms with Crippen molar-refractivity contribution < 1.29 is 0 Å². The van der Waals surface area contributed by atoms with Crippen molar-refractivity contribution in [2.24, 2.45) is 0 Å². The fourth-order valence-corrected chi connectivity index (χ4v) is 3.44. The summed E-state index contributed by atoms with van der Waals surface area (Å²) in [4.78, 5) is 0. The maximum Gasteiger partial charge on any atom is 0.00162 e. The van der Waals surface area contributed by atoms with Gasteiger partial charge in [-0.1, -0.05) is 88.4 Å². The van der Waals surface area contributed by atoms with Gasteiger partial charge in [-0.05, 0) is 24.0 Å². The van der Waals surface area contributed by atoms with Gasteiger partial charge in [-0.3, -0.25) is 0 Å². The van der Waals surface area contributed by atoms with Crippen LogP contribution in [0.4, 0.5) is 0 Å². The molecule has 2 rings (SSSR count). The lowest BCUT2D eigenvalue weighted by molar-refractivity contribution is 0.235. The summed E-state index contributed by atoms with van der Waals surface area (Å²) in [5.74, 6) is 0. The summed E-state index contributed by atoms with van der Waals surface area (Å²) >= 11 is 0. The van der Waals surface area contributed by atoms with E-state index in [9.17, 15) is 0 Å². The van der Waals surface area contributed by atoms with E-state index in [0.29, 0.717) is 0 Å². The van der Waals surface area contributed by atoms with Crippen LogP contribution in [0.15, 0.2) is 60.7 Å². The van der Waals surface area contributed by atoms with Gasteiger partial charge in [0.1, 0.15) is 0 Å². The molecule has 0 saturated heterocycles. The summed E-state index contributed by atoms with van der Waals surface area (Å²) < 4.78 is 0. The van der Waals surface area contributed by atoms with Gasteiger partial charge in [0, 0.05) is 10.8 Å². The SMILES string of the molecule is CC[C@@](C)(c1ccccc1)[C@](C)(CC)c1ccccc1. The van der Waals surface area contributed by atoms with Crippen molar-refractivity contribution in [1.82, 2.24) is 0 Å². The van der Waals surface area contributed by atoms with Crippen molar-refractivity contribution in [2.45, 2.75) is 51.4 Å². The molecule has 0 aliphatic heterocycles. The van der Waals surface area contributed by atoms with Gasteiger partial charge in [-0.2, -0.15) is 0 Å². The Hall–Kier alpha value is -1.56. The molecule has 0 N–H and O–H groups in total. The molecule has 0 radical (unpaired) electrons. The molecule has 0 fully saturated rings. The average molecular weight is 266 g/mol. The highest BCUT2D eigenvalue weighted by Gasteiger charge is 2.44. The Balaban J connectivity index is 2.58. The van der Waals surface area contributed by atoms with Crippen LogP contribution in [0.25, 0.3) is 0 Å². The van der Waals surface area contributed by atoms with Crippen LogP contribution in [0.2, 0.25) is 0 Å². The Kier molecular flexibility index (Phi) is 4.32. The normalized spacial score (nSPS) is 17.2. The highest BCUT2D eigenvalue weighted by molar-refractivity contribution is 5.37. The lowest BCUT2D eigenvalue weighted by Gasteiger charge is -2.47. The van der Waals surface area contributed by atoms with E-state index < -0.39 is 0 Å². The van der Waals surface area contributed by atoms with Crippen LogP contribution < -0.4 is 0 Å². The minimum atomic E-state index is 0.143. The van der Waals surface area contributed by atoms with Gasteiger partial charge in [0.2, 0.25) is 0 Å². The van der Waals surface area contributed by atoms with Crippen LogP contribution in [0.3, 0.4) is 0 Å². The largest absolute Gasteiger partial charge is 0.0645 e. The molecular formula is C20H26. The van der Waals surface area contributed by atoms with Crippen molar-refractivity contribution in [1.29, 1.82) is 0 Å². The van der Waals surface area contributed by atoms with Gasteiger partial charge in [-0.15, -0.1) is 0 Å². The molecule has 0 aromatic heterocycles. The predicted octanol–water partition coefficient (Wildman–Crippen LogP) is 5.72. The van der Waals surface area contributed by atoms with Crippen LogP contribution in [0.5, 0.6) is 0 Å². The third kappa shape index (κ3) is 2.28. The van der Waals surface area contributed by atoms with Gasteiger partial charge in [-0.25, -0.2) is 0 Å². The molecule has 0 amide bonds. The second-order valence-electron chi connectivity index (χ2n) is 6.10. The molecule has 0 heteroatoms. The van der Waals surface area contributed by atoms with Gasteiger partial charge >= 0.3 is 0 Å². The standard InChI is InChI=1S/C20H26/c1-5-19(3,17-13-9-7-10-14-17)20(4,6-2)18-15-11-8-12-16-18/h7-16H,5-6H2,1-4H3/t19-,20+. The second-order valence-corrected chi connectivity index (χ2v) is 6.10. The minimum absolute atomic E-state index is 0.143. The molecule has 2 atom stereocenters. The van der Waals surface area contributed by atoms with E-state index in [2.05, 4.69) is 88.4 Å². The molecule has 0 nitrogen and oxygen atoms in total. The lowest BCUT2D eigenvalue weighted by atomic mass is 9.56. The first kappa shape index (κ1) is 14.8. The summed E-state index contributed by atoms with van der Waals surface area (Å²) in [6.07, 6.45) is 2.27. The Bertz CT molecular complexity index is 477. The topological polar surface area (TPSA) is 0 Å². The Morgan fingerprint density at radius 2 is 0.900 bits per heavy atom. The quantitative estimate of drug-likeness (QED) is 0.649. The molecule has 0 spiro atoms. The summed E-state index contributed by atoms with van der Waals surface area (Å²) in [5, 5.41) is 0. The maximum atomic E-state index is 2.42. The summed E-state index contributed by atoms with van der Waals surface area (Å²) in [6, 6.07) is 21.9. The zero-order chi connectivity index (χ0) is 14.6. The van der Waals surface area contributed by atoms with E-state index in [4.69, 9.17) is 0 Å². The van der Waals surface area contributed by atoms with Crippen LogP contribution in [-0.2, 0) is 10.8 Å². The summed E-state index contributed by atoms with van der Waals surface area (Å²) in [5.41, 5.74) is 3.17. The van der Waals surface area contributed by atoms with E-state index in [1.54, 1.807) is 0 Å². The third-order valence-corrected chi connectivity index (χ3v) is 5.45. The zero-order valence-corrected chi connectivity index (χ0v) is 13.2. The van der Waals surface area contributed by atoms with E-state index in [0.717, 1.165) is 12.8 Å². The van der Waals surface area contributed by atoms with Crippen molar-refractivity contribution in [2.75, 3.05) is 0 Å². The van der Waals surface area contributed by atoms with Crippen molar-refractivity contribution in [3.8, 4) is 0 Å². The molecule has 2 aromatic carbocycles. The number of benzene rings is 2. The number of hydrogen-bond donors (Lipinski definition) is 0. The predicted molar refractivity (Wildman–Crippen MR) is 88.2 cm³/mol.